The van der Waals surface area contributed by atoms with Gasteiger partial charge in [0.15, 0.2) is 5.69 Å². The molecule has 2 aromatic carbocycles. The van der Waals surface area contributed by atoms with E-state index in [-0.39, 0.29) is 0 Å². The van der Waals surface area contributed by atoms with Crippen molar-refractivity contribution in [2.45, 2.75) is 31.3 Å². The Bertz CT molecular complexity index is 755. The highest BCUT2D eigenvalue weighted by Gasteiger charge is 2.46. The van der Waals surface area contributed by atoms with Crippen LogP contribution in [-0.4, -0.2) is 31.6 Å². The monoisotopic (exact) mass is 321 g/mol. The third-order valence-electron chi connectivity index (χ3n) is 5.62. The van der Waals surface area contributed by atoms with Crippen LogP contribution in [0.15, 0.2) is 59.6 Å². The summed E-state index contributed by atoms with van der Waals surface area (Å²) in [4.78, 5) is 4.64. The van der Waals surface area contributed by atoms with Gasteiger partial charge in [0.25, 0.3) is 0 Å². The molecular weight excluding hydrogens is 296 g/mol. The molecule has 1 fully saturated rings. The SMILES string of the molecule is C[N+]1([C@H]2CCN[C@H](Cc3ccccc3)C2)C(N)=Nc2ccccc21. The average Bonchev–Trinajstić information content (AvgIpc) is 2.88. The summed E-state index contributed by atoms with van der Waals surface area (Å²) in [6.07, 6.45) is 3.29. The lowest BCUT2D eigenvalue weighted by Gasteiger charge is -2.41. The van der Waals surface area contributed by atoms with E-state index in [1.807, 2.05) is 6.07 Å². The van der Waals surface area contributed by atoms with Crippen LogP contribution in [0.2, 0.25) is 0 Å². The van der Waals surface area contributed by atoms with Crippen molar-refractivity contribution >= 4 is 17.3 Å². The number of hydrogen-bond donors (Lipinski definition) is 2. The molecule has 2 aliphatic heterocycles. The summed E-state index contributed by atoms with van der Waals surface area (Å²) in [6, 6.07) is 20.0. The minimum atomic E-state index is 0.465. The van der Waals surface area contributed by atoms with Gasteiger partial charge in [0.1, 0.15) is 11.7 Å². The van der Waals surface area contributed by atoms with Gasteiger partial charge in [0.2, 0.25) is 0 Å². The van der Waals surface area contributed by atoms with Crippen molar-refractivity contribution in [1.82, 2.24) is 9.80 Å². The maximum absolute atomic E-state index is 6.39. The second-order valence-corrected chi connectivity index (χ2v) is 7.05. The van der Waals surface area contributed by atoms with Gasteiger partial charge in [-0.05, 0) is 18.1 Å². The van der Waals surface area contributed by atoms with Gasteiger partial charge < -0.3 is 11.1 Å². The lowest BCUT2D eigenvalue weighted by atomic mass is 9.91. The number of nitrogens with one attached hydrogen (secondary N) is 1. The van der Waals surface area contributed by atoms with Crippen LogP contribution in [0.5, 0.6) is 0 Å². The highest BCUT2D eigenvalue weighted by atomic mass is 15.5. The molecular formula is C20H25N4+. The van der Waals surface area contributed by atoms with Gasteiger partial charge in [-0.3, -0.25) is 0 Å². The van der Waals surface area contributed by atoms with E-state index in [0.29, 0.717) is 16.6 Å². The van der Waals surface area contributed by atoms with Crippen molar-refractivity contribution in [1.29, 1.82) is 0 Å². The van der Waals surface area contributed by atoms with E-state index < -0.39 is 0 Å². The zero-order chi connectivity index (χ0) is 16.6. The first-order valence-electron chi connectivity index (χ1n) is 8.76. The summed E-state index contributed by atoms with van der Waals surface area (Å²) < 4.78 is 0.656. The fraction of sp³-hybridized carbons (Fsp3) is 0.350. The number of nitrogens with zero attached hydrogens (tertiary/aromatic N) is 2. The number of nitrogens with two attached hydrogens (primary N) is 1. The molecule has 3 N–H and O–H groups in total. The first-order chi connectivity index (χ1) is 11.7. The number of piperidine rings is 1. The van der Waals surface area contributed by atoms with Crippen LogP contribution in [0, 0.1) is 0 Å². The first kappa shape index (κ1) is 15.4. The second kappa shape index (κ2) is 6.04. The Morgan fingerprint density at radius 2 is 1.88 bits per heavy atom. The number of hydrogen-bond acceptors (Lipinski definition) is 3. The van der Waals surface area contributed by atoms with Crippen LogP contribution in [0.4, 0.5) is 11.4 Å². The van der Waals surface area contributed by atoms with E-state index in [1.54, 1.807) is 0 Å². The summed E-state index contributed by atoms with van der Waals surface area (Å²) in [6.45, 7) is 1.03. The molecule has 2 aliphatic rings. The van der Waals surface area contributed by atoms with Gasteiger partial charge in [-0.25, -0.2) is 4.48 Å². The summed E-state index contributed by atoms with van der Waals surface area (Å²) >= 11 is 0. The van der Waals surface area contributed by atoms with E-state index >= 15 is 0 Å². The van der Waals surface area contributed by atoms with Crippen LogP contribution in [0.3, 0.4) is 0 Å². The molecule has 0 aromatic heterocycles. The highest BCUT2D eigenvalue weighted by Crippen LogP contribution is 2.42. The molecule has 2 aromatic rings. The van der Waals surface area contributed by atoms with E-state index in [9.17, 15) is 0 Å². The van der Waals surface area contributed by atoms with E-state index in [1.165, 1.54) is 11.3 Å². The van der Waals surface area contributed by atoms with Crippen molar-refractivity contribution in [3.05, 3.63) is 60.2 Å². The van der Waals surface area contributed by atoms with E-state index in [4.69, 9.17) is 5.73 Å². The van der Waals surface area contributed by atoms with E-state index in [0.717, 1.165) is 37.5 Å². The Morgan fingerprint density at radius 3 is 2.71 bits per heavy atom. The fourth-order valence-corrected chi connectivity index (χ4v) is 4.19. The molecule has 0 spiro atoms. The third kappa shape index (κ3) is 2.52. The van der Waals surface area contributed by atoms with Gasteiger partial charge in [-0.15, -0.1) is 0 Å². The number of quaternary nitrogens is 1. The molecule has 124 valence electrons. The van der Waals surface area contributed by atoms with Crippen LogP contribution in [0.1, 0.15) is 18.4 Å². The van der Waals surface area contributed by atoms with Crippen molar-refractivity contribution in [2.24, 2.45) is 10.7 Å². The quantitative estimate of drug-likeness (QED) is 0.854. The van der Waals surface area contributed by atoms with Crippen molar-refractivity contribution < 1.29 is 0 Å². The Balaban J connectivity index is 1.57. The van der Waals surface area contributed by atoms with Crippen molar-refractivity contribution in [3.63, 3.8) is 0 Å². The lowest BCUT2D eigenvalue weighted by molar-refractivity contribution is 0.247. The fourth-order valence-electron chi connectivity index (χ4n) is 4.19. The van der Waals surface area contributed by atoms with Crippen LogP contribution < -0.4 is 15.5 Å². The maximum Gasteiger partial charge on any atom is 0.305 e. The summed E-state index contributed by atoms with van der Waals surface area (Å²) in [5.41, 5.74) is 10.0. The molecule has 0 aliphatic carbocycles. The number of fused-ring (bicyclic) bond motifs is 1. The topological polar surface area (TPSA) is 50.4 Å². The van der Waals surface area contributed by atoms with E-state index in [2.05, 4.69) is 65.9 Å². The molecule has 1 saturated heterocycles. The van der Waals surface area contributed by atoms with Crippen molar-refractivity contribution in [2.75, 3.05) is 13.6 Å². The Morgan fingerprint density at radius 1 is 1.12 bits per heavy atom. The van der Waals surface area contributed by atoms with Crippen molar-refractivity contribution in [3.8, 4) is 0 Å². The number of aliphatic imine (C=N–C) groups is 1. The van der Waals surface area contributed by atoms with Gasteiger partial charge in [-0.1, -0.05) is 42.5 Å². The number of benzene rings is 2. The average molecular weight is 321 g/mol. The van der Waals surface area contributed by atoms with Crippen LogP contribution in [-0.2, 0) is 6.42 Å². The summed E-state index contributed by atoms with van der Waals surface area (Å²) in [5.74, 6) is 0.724. The molecule has 1 unspecified atom stereocenters. The molecule has 4 nitrogen and oxygen atoms in total. The molecule has 0 amide bonds. The minimum Gasteiger partial charge on any atom is -0.337 e. The predicted octanol–water partition coefficient (Wildman–Crippen LogP) is 2.95. The molecule has 3 atom stereocenters. The smallest absolute Gasteiger partial charge is 0.305 e. The molecule has 2 heterocycles. The minimum absolute atomic E-state index is 0.465. The summed E-state index contributed by atoms with van der Waals surface area (Å²) in [7, 11) is 2.22. The van der Waals surface area contributed by atoms with Crippen LogP contribution in [0.25, 0.3) is 0 Å². The maximum atomic E-state index is 6.39. The Kier molecular flexibility index (Phi) is 3.87. The Labute approximate surface area is 143 Å². The highest BCUT2D eigenvalue weighted by molar-refractivity contribution is 6.00. The number of rotatable bonds is 3. The van der Waals surface area contributed by atoms with Crippen LogP contribution >= 0.6 is 0 Å². The second-order valence-electron chi connectivity index (χ2n) is 7.05. The molecule has 0 saturated carbocycles. The van der Waals surface area contributed by atoms with Gasteiger partial charge in [0.05, 0.1) is 7.05 Å². The number of guanidine groups is 1. The predicted molar refractivity (Wildman–Crippen MR) is 100 cm³/mol. The van der Waals surface area contributed by atoms with Gasteiger partial charge >= 0.3 is 5.96 Å². The largest absolute Gasteiger partial charge is 0.337 e. The number of para-hydroxylation sites is 2. The first-order valence-corrected chi connectivity index (χ1v) is 8.76. The third-order valence-corrected chi connectivity index (χ3v) is 5.62. The molecule has 0 radical (unpaired) electrons. The molecule has 0 bridgehead atoms. The van der Waals surface area contributed by atoms with Gasteiger partial charge in [0, 0.05) is 31.5 Å². The lowest BCUT2D eigenvalue weighted by Crippen LogP contribution is -2.63. The molecule has 4 heteroatoms. The normalized spacial score (nSPS) is 29.1. The summed E-state index contributed by atoms with van der Waals surface area (Å²) in [5, 5.41) is 3.69. The zero-order valence-corrected chi connectivity index (χ0v) is 14.2. The molecule has 24 heavy (non-hydrogen) atoms. The Hall–Kier alpha value is -2.17. The van der Waals surface area contributed by atoms with Gasteiger partial charge in [-0.2, -0.15) is 4.99 Å². The zero-order valence-electron chi connectivity index (χ0n) is 14.2. The standard InChI is InChI=1S/C20H25N4/c1-24(19-10-6-5-9-18(19)23-20(24)21)17-11-12-22-16(14-17)13-15-7-3-2-4-8-15/h2-10,16-17,22H,11-14H2,1H3,(H2,21,23)/q+1/t16-,17+,24?/m1/s1. The molecule has 4 rings (SSSR count).